The molecule has 2 heteroatoms. The Labute approximate surface area is 110 Å². The molecule has 1 saturated carbocycles. The molecule has 1 fully saturated rings. The van der Waals surface area contributed by atoms with Crippen LogP contribution in [0.25, 0.3) is 0 Å². The van der Waals surface area contributed by atoms with Crippen molar-refractivity contribution in [3.05, 3.63) is 24.5 Å². The summed E-state index contributed by atoms with van der Waals surface area (Å²) in [5.41, 5.74) is 1.69. The van der Waals surface area contributed by atoms with Gasteiger partial charge in [0.05, 0.1) is 12.9 Å². The van der Waals surface area contributed by atoms with Crippen LogP contribution in [0, 0.1) is 11.3 Å². The highest BCUT2D eigenvalue weighted by atomic mass is 16.5. The Balaban J connectivity index is 2.00. The molecule has 0 aromatic heterocycles. The minimum Gasteiger partial charge on any atom is -0.502 e. The van der Waals surface area contributed by atoms with Gasteiger partial charge in [0.15, 0.2) is 5.78 Å². The fourth-order valence-electron chi connectivity index (χ4n) is 3.62. The van der Waals surface area contributed by atoms with E-state index in [1.165, 1.54) is 31.1 Å². The van der Waals surface area contributed by atoms with E-state index in [0.717, 1.165) is 38.2 Å². The van der Waals surface area contributed by atoms with Crippen LogP contribution in [0.3, 0.4) is 0 Å². The molecule has 2 aliphatic carbocycles. The Morgan fingerprint density at radius 2 is 2.39 bits per heavy atom. The molecule has 0 saturated heterocycles. The molecule has 2 aliphatic rings. The average Bonchev–Trinajstić information content (AvgIpc) is 2.36. The van der Waals surface area contributed by atoms with E-state index in [-0.39, 0.29) is 5.41 Å². The monoisotopic (exact) mass is 248 g/mol. The Morgan fingerprint density at radius 1 is 1.56 bits per heavy atom. The highest BCUT2D eigenvalue weighted by molar-refractivity contribution is 5.91. The average molecular weight is 248 g/mol. The van der Waals surface area contributed by atoms with Crippen LogP contribution in [0.2, 0.25) is 0 Å². The van der Waals surface area contributed by atoms with Crippen molar-refractivity contribution in [2.75, 3.05) is 6.61 Å². The SMILES string of the molecule is C=COCCC[C@H]1CCCC2=CC(=O)CCC21C. The van der Waals surface area contributed by atoms with Crippen LogP contribution in [0.15, 0.2) is 24.5 Å². The lowest BCUT2D eigenvalue weighted by atomic mass is 9.59. The molecule has 0 aromatic rings. The fourth-order valence-corrected chi connectivity index (χ4v) is 3.62. The van der Waals surface area contributed by atoms with E-state index in [9.17, 15) is 4.79 Å². The molecule has 0 bridgehead atoms. The molecule has 0 aliphatic heterocycles. The normalized spacial score (nSPS) is 31.5. The van der Waals surface area contributed by atoms with Gasteiger partial charge in [-0.25, -0.2) is 0 Å². The van der Waals surface area contributed by atoms with Crippen molar-refractivity contribution in [1.29, 1.82) is 0 Å². The molecule has 2 nitrogen and oxygen atoms in total. The summed E-state index contributed by atoms with van der Waals surface area (Å²) in [7, 11) is 0. The van der Waals surface area contributed by atoms with Crippen LogP contribution in [0.5, 0.6) is 0 Å². The maximum Gasteiger partial charge on any atom is 0.155 e. The Bertz CT molecular complexity index is 356. The summed E-state index contributed by atoms with van der Waals surface area (Å²) in [6.07, 6.45) is 11.2. The van der Waals surface area contributed by atoms with Gasteiger partial charge in [-0.1, -0.05) is 19.1 Å². The molecular weight excluding hydrogens is 224 g/mol. The van der Waals surface area contributed by atoms with E-state index in [1.54, 1.807) is 0 Å². The van der Waals surface area contributed by atoms with Crippen LogP contribution in [0.4, 0.5) is 0 Å². The van der Waals surface area contributed by atoms with Gasteiger partial charge in [-0.05, 0) is 55.9 Å². The van der Waals surface area contributed by atoms with Crippen molar-refractivity contribution >= 4 is 5.78 Å². The van der Waals surface area contributed by atoms with Crippen LogP contribution in [-0.4, -0.2) is 12.4 Å². The zero-order valence-electron chi connectivity index (χ0n) is 11.4. The van der Waals surface area contributed by atoms with E-state index < -0.39 is 0 Å². The maximum atomic E-state index is 11.6. The lowest BCUT2D eigenvalue weighted by Gasteiger charge is -2.46. The first-order valence-corrected chi connectivity index (χ1v) is 7.13. The van der Waals surface area contributed by atoms with Crippen LogP contribution < -0.4 is 0 Å². The van der Waals surface area contributed by atoms with Gasteiger partial charge in [0.2, 0.25) is 0 Å². The van der Waals surface area contributed by atoms with Crippen LogP contribution in [0.1, 0.15) is 51.9 Å². The number of hydrogen-bond acceptors (Lipinski definition) is 2. The van der Waals surface area contributed by atoms with Crippen molar-refractivity contribution in [2.24, 2.45) is 11.3 Å². The smallest absolute Gasteiger partial charge is 0.155 e. The number of ketones is 1. The second-order valence-corrected chi connectivity index (χ2v) is 5.82. The molecular formula is C16H24O2. The van der Waals surface area contributed by atoms with E-state index in [4.69, 9.17) is 4.74 Å². The summed E-state index contributed by atoms with van der Waals surface area (Å²) in [4.78, 5) is 11.6. The van der Waals surface area contributed by atoms with E-state index in [1.807, 2.05) is 6.08 Å². The highest BCUT2D eigenvalue weighted by Gasteiger charge is 2.41. The molecule has 0 spiro atoms. The Hall–Kier alpha value is -1.05. The molecule has 100 valence electrons. The van der Waals surface area contributed by atoms with Crippen molar-refractivity contribution < 1.29 is 9.53 Å². The zero-order chi connectivity index (χ0) is 13.0. The standard InChI is InChI=1S/C16H24O2/c1-3-18-11-5-8-13-6-4-7-14-12-15(17)9-10-16(13,14)2/h3,12-13H,1,4-11H2,2H3/t13-,16?/m1/s1. The number of allylic oxidation sites excluding steroid dienone is 2. The molecule has 18 heavy (non-hydrogen) atoms. The molecule has 2 atom stereocenters. The van der Waals surface area contributed by atoms with Gasteiger partial charge in [0, 0.05) is 6.42 Å². The van der Waals surface area contributed by atoms with E-state index in [0.29, 0.717) is 5.78 Å². The highest BCUT2D eigenvalue weighted by Crippen LogP contribution is 2.51. The van der Waals surface area contributed by atoms with Gasteiger partial charge < -0.3 is 4.74 Å². The molecule has 0 amide bonds. The van der Waals surface area contributed by atoms with E-state index in [2.05, 4.69) is 13.5 Å². The first-order chi connectivity index (χ1) is 8.66. The predicted molar refractivity (Wildman–Crippen MR) is 73.2 cm³/mol. The van der Waals surface area contributed by atoms with E-state index >= 15 is 0 Å². The molecule has 0 heterocycles. The third kappa shape index (κ3) is 2.68. The Morgan fingerprint density at radius 3 is 3.17 bits per heavy atom. The first-order valence-electron chi connectivity index (χ1n) is 7.13. The first kappa shape index (κ1) is 13.4. The van der Waals surface area contributed by atoms with Gasteiger partial charge in [0.25, 0.3) is 0 Å². The quantitative estimate of drug-likeness (QED) is 0.542. The van der Waals surface area contributed by atoms with Gasteiger partial charge >= 0.3 is 0 Å². The van der Waals surface area contributed by atoms with Crippen LogP contribution in [-0.2, 0) is 9.53 Å². The summed E-state index contributed by atoms with van der Waals surface area (Å²) in [6, 6.07) is 0. The lowest BCUT2D eigenvalue weighted by Crippen LogP contribution is -2.36. The number of ether oxygens (including phenoxy) is 1. The molecule has 2 rings (SSSR count). The van der Waals surface area contributed by atoms with Gasteiger partial charge in [-0.2, -0.15) is 0 Å². The third-order valence-electron chi connectivity index (χ3n) is 4.79. The van der Waals surface area contributed by atoms with Crippen molar-refractivity contribution in [3.8, 4) is 0 Å². The topological polar surface area (TPSA) is 26.3 Å². The molecule has 1 unspecified atom stereocenters. The summed E-state index contributed by atoms with van der Waals surface area (Å²) >= 11 is 0. The number of fused-ring (bicyclic) bond motifs is 1. The minimum absolute atomic E-state index is 0.278. The predicted octanol–water partition coefficient (Wildman–Crippen LogP) is 4.02. The molecule has 0 aromatic carbocycles. The second-order valence-electron chi connectivity index (χ2n) is 5.82. The maximum absolute atomic E-state index is 11.6. The largest absolute Gasteiger partial charge is 0.502 e. The van der Waals surface area contributed by atoms with Crippen molar-refractivity contribution in [3.63, 3.8) is 0 Å². The zero-order valence-corrected chi connectivity index (χ0v) is 11.4. The summed E-state index contributed by atoms with van der Waals surface area (Å²) in [6.45, 7) is 6.70. The minimum atomic E-state index is 0.278. The molecule has 0 N–H and O–H groups in total. The lowest BCUT2D eigenvalue weighted by molar-refractivity contribution is -0.116. The summed E-state index contributed by atoms with van der Waals surface area (Å²) < 4.78 is 5.21. The number of hydrogen-bond donors (Lipinski definition) is 0. The van der Waals surface area contributed by atoms with Gasteiger partial charge in [-0.15, -0.1) is 0 Å². The molecule has 0 radical (unpaired) electrons. The number of carbonyl (C=O) groups is 1. The summed E-state index contributed by atoms with van der Waals surface area (Å²) in [5, 5.41) is 0. The second kappa shape index (κ2) is 5.73. The van der Waals surface area contributed by atoms with Gasteiger partial charge in [-0.3, -0.25) is 4.79 Å². The third-order valence-corrected chi connectivity index (χ3v) is 4.79. The Kier molecular flexibility index (Phi) is 4.26. The van der Waals surface area contributed by atoms with Crippen molar-refractivity contribution in [2.45, 2.75) is 51.9 Å². The fraction of sp³-hybridized carbons (Fsp3) is 0.688. The summed E-state index contributed by atoms with van der Waals surface area (Å²) in [5.74, 6) is 1.05. The van der Waals surface area contributed by atoms with Crippen LogP contribution >= 0.6 is 0 Å². The number of rotatable bonds is 5. The van der Waals surface area contributed by atoms with Gasteiger partial charge in [0.1, 0.15) is 0 Å². The van der Waals surface area contributed by atoms with Crippen molar-refractivity contribution in [1.82, 2.24) is 0 Å². The number of carbonyl (C=O) groups excluding carboxylic acids is 1.